The standard InChI is InChI=1S/C21H21Cl2N3O4/c1-21(29)2-4-25(5-3-21)18(27)11-26-19(28)12-30-17-8-14(10-24-20(17)26)13-6-15(22)9-16(23)7-13/h6-10,29H,2-5,11-12H2,1H3. The molecule has 1 fully saturated rings. The smallest absolute Gasteiger partial charge is 0.266 e. The number of fused-ring (bicyclic) bond motifs is 1. The van der Waals surface area contributed by atoms with Crippen molar-refractivity contribution in [2.75, 3.05) is 31.1 Å². The molecule has 1 aromatic carbocycles. The lowest BCUT2D eigenvalue weighted by Gasteiger charge is -2.37. The van der Waals surface area contributed by atoms with Gasteiger partial charge in [-0.05, 0) is 49.6 Å². The van der Waals surface area contributed by atoms with Crippen molar-refractivity contribution in [3.63, 3.8) is 0 Å². The van der Waals surface area contributed by atoms with Crippen LogP contribution in [0.2, 0.25) is 10.0 Å². The van der Waals surface area contributed by atoms with Gasteiger partial charge in [-0.1, -0.05) is 23.2 Å². The molecule has 0 aliphatic carbocycles. The van der Waals surface area contributed by atoms with E-state index >= 15 is 0 Å². The predicted molar refractivity (Wildman–Crippen MR) is 114 cm³/mol. The number of benzene rings is 1. The maximum Gasteiger partial charge on any atom is 0.266 e. The third-order valence-corrected chi connectivity index (χ3v) is 5.86. The number of carbonyl (C=O) groups excluding carboxylic acids is 2. The minimum Gasteiger partial charge on any atom is -0.480 e. The molecule has 1 N–H and O–H groups in total. The van der Waals surface area contributed by atoms with E-state index in [9.17, 15) is 14.7 Å². The Labute approximate surface area is 184 Å². The molecule has 0 saturated carbocycles. The van der Waals surface area contributed by atoms with Crippen molar-refractivity contribution in [1.29, 1.82) is 0 Å². The predicted octanol–water partition coefficient (Wildman–Crippen LogP) is 3.15. The van der Waals surface area contributed by atoms with E-state index in [-0.39, 0.29) is 25.0 Å². The average molecular weight is 450 g/mol. The maximum absolute atomic E-state index is 12.7. The van der Waals surface area contributed by atoms with E-state index in [0.29, 0.717) is 47.5 Å². The molecule has 0 radical (unpaired) electrons. The molecule has 30 heavy (non-hydrogen) atoms. The first kappa shape index (κ1) is 20.9. The molecule has 2 aliphatic rings. The van der Waals surface area contributed by atoms with Crippen molar-refractivity contribution < 1.29 is 19.4 Å². The second-order valence-electron chi connectivity index (χ2n) is 7.85. The van der Waals surface area contributed by atoms with E-state index in [1.807, 2.05) is 0 Å². The first-order chi connectivity index (χ1) is 14.2. The first-order valence-corrected chi connectivity index (χ1v) is 10.4. The molecular weight excluding hydrogens is 429 g/mol. The number of carbonyl (C=O) groups is 2. The van der Waals surface area contributed by atoms with E-state index in [2.05, 4.69) is 4.98 Å². The molecule has 158 valence electrons. The molecule has 0 unspecified atom stereocenters. The van der Waals surface area contributed by atoms with Crippen molar-refractivity contribution in [1.82, 2.24) is 9.88 Å². The van der Waals surface area contributed by atoms with E-state index < -0.39 is 5.60 Å². The third kappa shape index (κ3) is 4.38. The molecule has 7 nitrogen and oxygen atoms in total. The van der Waals surface area contributed by atoms with Crippen LogP contribution in [0.1, 0.15) is 19.8 Å². The second kappa shape index (κ2) is 8.06. The SMILES string of the molecule is CC1(O)CCN(C(=O)CN2C(=O)COc3cc(-c4cc(Cl)cc(Cl)c4)cnc32)CC1. The van der Waals surface area contributed by atoms with Crippen LogP contribution in [-0.4, -0.2) is 58.6 Å². The summed E-state index contributed by atoms with van der Waals surface area (Å²) in [4.78, 5) is 32.6. The van der Waals surface area contributed by atoms with Crippen LogP contribution in [0.25, 0.3) is 11.1 Å². The summed E-state index contributed by atoms with van der Waals surface area (Å²) in [5.74, 6) is 0.211. The summed E-state index contributed by atoms with van der Waals surface area (Å²) >= 11 is 12.2. The van der Waals surface area contributed by atoms with Gasteiger partial charge in [0.25, 0.3) is 5.91 Å². The zero-order valence-electron chi connectivity index (χ0n) is 16.4. The van der Waals surface area contributed by atoms with Crippen molar-refractivity contribution in [2.45, 2.75) is 25.4 Å². The van der Waals surface area contributed by atoms with Crippen LogP contribution in [0, 0.1) is 0 Å². The van der Waals surface area contributed by atoms with Crippen LogP contribution in [0.15, 0.2) is 30.5 Å². The molecule has 1 saturated heterocycles. The molecule has 1 aromatic heterocycles. The fraction of sp³-hybridized carbons (Fsp3) is 0.381. The van der Waals surface area contributed by atoms with Gasteiger partial charge in [0, 0.05) is 34.9 Å². The molecule has 0 atom stereocenters. The fourth-order valence-electron chi connectivity index (χ4n) is 3.60. The molecule has 9 heteroatoms. The number of piperidine rings is 1. The minimum absolute atomic E-state index is 0.118. The number of anilines is 1. The molecule has 3 heterocycles. The van der Waals surface area contributed by atoms with Crippen LogP contribution < -0.4 is 9.64 Å². The Morgan fingerprint density at radius 3 is 2.50 bits per heavy atom. The number of aliphatic hydroxyl groups is 1. The van der Waals surface area contributed by atoms with Crippen molar-refractivity contribution >= 4 is 40.8 Å². The summed E-state index contributed by atoms with van der Waals surface area (Å²) in [6.07, 6.45) is 2.62. The largest absolute Gasteiger partial charge is 0.480 e. The topological polar surface area (TPSA) is 83.0 Å². The second-order valence-corrected chi connectivity index (χ2v) is 8.72. The van der Waals surface area contributed by atoms with Crippen molar-refractivity contribution in [3.8, 4) is 16.9 Å². The van der Waals surface area contributed by atoms with Gasteiger partial charge in [-0.2, -0.15) is 0 Å². The van der Waals surface area contributed by atoms with E-state index in [0.717, 1.165) is 11.1 Å². The quantitative estimate of drug-likeness (QED) is 0.777. The summed E-state index contributed by atoms with van der Waals surface area (Å²) in [5.41, 5.74) is 0.752. The lowest BCUT2D eigenvalue weighted by atomic mass is 9.94. The highest BCUT2D eigenvalue weighted by Gasteiger charge is 2.33. The zero-order chi connectivity index (χ0) is 21.5. The molecule has 2 aromatic rings. The van der Waals surface area contributed by atoms with Gasteiger partial charge >= 0.3 is 0 Å². The summed E-state index contributed by atoms with van der Waals surface area (Å²) in [6.45, 7) is 2.40. The highest BCUT2D eigenvalue weighted by Crippen LogP contribution is 2.35. The number of pyridine rings is 1. The third-order valence-electron chi connectivity index (χ3n) is 5.42. The van der Waals surface area contributed by atoms with Crippen LogP contribution in [0.5, 0.6) is 5.75 Å². The molecule has 0 bridgehead atoms. The van der Waals surface area contributed by atoms with Gasteiger partial charge in [-0.3, -0.25) is 14.5 Å². The normalized spacial score (nSPS) is 18.1. The van der Waals surface area contributed by atoms with Crippen LogP contribution in [0.3, 0.4) is 0 Å². The van der Waals surface area contributed by atoms with Crippen molar-refractivity contribution in [3.05, 3.63) is 40.5 Å². The van der Waals surface area contributed by atoms with Gasteiger partial charge in [0.05, 0.1) is 5.60 Å². The van der Waals surface area contributed by atoms with Gasteiger partial charge in [0.2, 0.25) is 5.91 Å². The van der Waals surface area contributed by atoms with Gasteiger partial charge in [0.1, 0.15) is 6.54 Å². The van der Waals surface area contributed by atoms with Crippen LogP contribution in [-0.2, 0) is 9.59 Å². The van der Waals surface area contributed by atoms with Gasteiger partial charge in [-0.15, -0.1) is 0 Å². The number of nitrogens with zero attached hydrogens (tertiary/aromatic N) is 3. The minimum atomic E-state index is -0.751. The highest BCUT2D eigenvalue weighted by atomic mass is 35.5. The van der Waals surface area contributed by atoms with Gasteiger partial charge in [0.15, 0.2) is 18.2 Å². The Balaban J connectivity index is 1.55. The summed E-state index contributed by atoms with van der Waals surface area (Å²) < 4.78 is 5.57. The summed E-state index contributed by atoms with van der Waals surface area (Å²) in [5, 5.41) is 11.1. The number of aromatic nitrogens is 1. The summed E-state index contributed by atoms with van der Waals surface area (Å²) in [6, 6.07) is 6.92. The monoisotopic (exact) mass is 449 g/mol. The number of halogens is 2. The fourth-order valence-corrected chi connectivity index (χ4v) is 4.12. The highest BCUT2D eigenvalue weighted by molar-refractivity contribution is 6.35. The molecular formula is C21H21Cl2N3O4. The van der Waals surface area contributed by atoms with Gasteiger partial charge in [-0.25, -0.2) is 4.98 Å². The Bertz CT molecular complexity index is 981. The van der Waals surface area contributed by atoms with E-state index in [1.165, 1.54) is 4.90 Å². The Hall–Kier alpha value is -2.35. The Morgan fingerprint density at radius 1 is 1.17 bits per heavy atom. The Morgan fingerprint density at radius 2 is 1.83 bits per heavy atom. The van der Waals surface area contributed by atoms with E-state index in [1.54, 1.807) is 42.3 Å². The number of hydrogen-bond donors (Lipinski definition) is 1. The molecule has 2 amide bonds. The Kier molecular flexibility index (Phi) is 5.61. The number of hydrogen-bond acceptors (Lipinski definition) is 5. The lowest BCUT2D eigenvalue weighted by molar-refractivity contribution is -0.135. The lowest BCUT2D eigenvalue weighted by Crippen LogP contribution is -2.50. The average Bonchev–Trinajstić information content (AvgIpc) is 2.69. The van der Waals surface area contributed by atoms with Crippen LogP contribution in [0.4, 0.5) is 5.82 Å². The maximum atomic E-state index is 12.7. The van der Waals surface area contributed by atoms with Crippen molar-refractivity contribution in [2.24, 2.45) is 0 Å². The molecule has 4 rings (SSSR count). The number of amides is 2. The zero-order valence-corrected chi connectivity index (χ0v) is 17.9. The summed E-state index contributed by atoms with van der Waals surface area (Å²) in [7, 11) is 0. The van der Waals surface area contributed by atoms with Gasteiger partial charge < -0.3 is 14.7 Å². The van der Waals surface area contributed by atoms with Crippen LogP contribution >= 0.6 is 23.2 Å². The van der Waals surface area contributed by atoms with E-state index in [4.69, 9.17) is 27.9 Å². The number of rotatable bonds is 3. The molecule has 2 aliphatic heterocycles. The number of ether oxygens (including phenoxy) is 1. The first-order valence-electron chi connectivity index (χ1n) is 9.62. The molecule has 0 spiro atoms. The number of likely N-dealkylation sites (tertiary alicyclic amines) is 1.